The second-order valence-electron chi connectivity index (χ2n) is 4.90. The van der Waals surface area contributed by atoms with Crippen LogP contribution in [0.25, 0.3) is 10.9 Å². The predicted molar refractivity (Wildman–Crippen MR) is 72.9 cm³/mol. The molecule has 1 aliphatic heterocycles. The van der Waals surface area contributed by atoms with Gasteiger partial charge in [-0.1, -0.05) is 11.6 Å². The fourth-order valence-corrected chi connectivity index (χ4v) is 3.12. The van der Waals surface area contributed by atoms with Crippen molar-refractivity contribution < 1.29 is 0 Å². The normalized spacial score (nSPS) is 20.9. The molecule has 2 heterocycles. The van der Waals surface area contributed by atoms with Gasteiger partial charge in [-0.05, 0) is 56.0 Å². The molecule has 0 amide bonds. The van der Waals surface area contributed by atoms with Crippen molar-refractivity contribution in [2.24, 2.45) is 0 Å². The molecule has 1 aliphatic rings. The maximum atomic E-state index is 6.11. The lowest BCUT2D eigenvalue weighted by atomic mass is 9.90. The van der Waals surface area contributed by atoms with Crippen LogP contribution in [0.4, 0.5) is 0 Å². The quantitative estimate of drug-likeness (QED) is 0.793. The minimum Gasteiger partial charge on any atom is -0.358 e. The molecule has 0 aliphatic carbocycles. The SMILES string of the molecule is Cc1[nH]c2ccc(Cl)cc2c1C1CCCNC1. The zero-order valence-corrected chi connectivity index (χ0v) is 10.8. The highest BCUT2D eigenvalue weighted by atomic mass is 35.5. The van der Waals surface area contributed by atoms with E-state index < -0.39 is 0 Å². The average molecular weight is 249 g/mol. The number of piperidine rings is 1. The number of hydrogen-bond acceptors (Lipinski definition) is 1. The Kier molecular flexibility index (Phi) is 2.85. The van der Waals surface area contributed by atoms with Gasteiger partial charge in [0.25, 0.3) is 0 Å². The van der Waals surface area contributed by atoms with Gasteiger partial charge >= 0.3 is 0 Å². The van der Waals surface area contributed by atoms with Crippen LogP contribution < -0.4 is 5.32 Å². The van der Waals surface area contributed by atoms with Crippen LogP contribution in [-0.4, -0.2) is 18.1 Å². The van der Waals surface area contributed by atoms with Crippen LogP contribution in [0.5, 0.6) is 0 Å². The summed E-state index contributed by atoms with van der Waals surface area (Å²) in [4.78, 5) is 3.47. The van der Waals surface area contributed by atoms with Crippen LogP contribution in [0, 0.1) is 6.92 Å². The number of halogens is 1. The molecule has 1 saturated heterocycles. The summed E-state index contributed by atoms with van der Waals surface area (Å²) in [6.45, 7) is 4.40. The summed E-state index contributed by atoms with van der Waals surface area (Å²) in [7, 11) is 0. The number of nitrogens with one attached hydrogen (secondary N) is 2. The molecule has 1 unspecified atom stereocenters. The molecule has 2 N–H and O–H groups in total. The van der Waals surface area contributed by atoms with E-state index in [1.807, 2.05) is 6.07 Å². The van der Waals surface area contributed by atoms with Crippen molar-refractivity contribution in [3.8, 4) is 0 Å². The maximum Gasteiger partial charge on any atom is 0.0460 e. The predicted octanol–water partition coefficient (Wildman–Crippen LogP) is 3.60. The molecule has 90 valence electrons. The van der Waals surface area contributed by atoms with Crippen molar-refractivity contribution in [1.82, 2.24) is 10.3 Å². The van der Waals surface area contributed by atoms with Crippen LogP contribution in [-0.2, 0) is 0 Å². The molecule has 1 atom stereocenters. The van der Waals surface area contributed by atoms with Crippen LogP contribution in [0.3, 0.4) is 0 Å². The molecular weight excluding hydrogens is 232 g/mol. The minimum absolute atomic E-state index is 0.621. The Morgan fingerprint density at radius 2 is 2.24 bits per heavy atom. The van der Waals surface area contributed by atoms with E-state index in [0.717, 1.165) is 18.1 Å². The number of aromatic amines is 1. The second-order valence-corrected chi connectivity index (χ2v) is 5.33. The summed E-state index contributed by atoms with van der Waals surface area (Å²) in [5.41, 5.74) is 3.94. The van der Waals surface area contributed by atoms with Crippen LogP contribution in [0.1, 0.15) is 30.0 Å². The molecule has 0 radical (unpaired) electrons. The third-order valence-electron chi connectivity index (χ3n) is 3.70. The number of hydrogen-bond donors (Lipinski definition) is 2. The molecule has 0 spiro atoms. The Morgan fingerprint density at radius 1 is 1.35 bits per heavy atom. The van der Waals surface area contributed by atoms with Gasteiger partial charge in [0.2, 0.25) is 0 Å². The van der Waals surface area contributed by atoms with Gasteiger partial charge in [0.1, 0.15) is 0 Å². The lowest BCUT2D eigenvalue weighted by molar-refractivity contribution is 0.462. The van der Waals surface area contributed by atoms with Gasteiger partial charge in [0, 0.05) is 28.2 Å². The first-order valence-electron chi connectivity index (χ1n) is 6.24. The van der Waals surface area contributed by atoms with Crippen molar-refractivity contribution in [2.75, 3.05) is 13.1 Å². The van der Waals surface area contributed by atoms with E-state index in [9.17, 15) is 0 Å². The van der Waals surface area contributed by atoms with E-state index >= 15 is 0 Å². The Bertz CT molecular complexity index is 538. The summed E-state index contributed by atoms with van der Waals surface area (Å²) in [6.07, 6.45) is 2.53. The molecular formula is C14H17ClN2. The van der Waals surface area contributed by atoms with Crippen LogP contribution in [0.2, 0.25) is 5.02 Å². The minimum atomic E-state index is 0.621. The molecule has 1 fully saturated rings. The van der Waals surface area contributed by atoms with Crippen LogP contribution >= 0.6 is 11.6 Å². The number of benzene rings is 1. The molecule has 0 bridgehead atoms. The summed E-state index contributed by atoms with van der Waals surface area (Å²) < 4.78 is 0. The van der Waals surface area contributed by atoms with E-state index in [1.165, 1.54) is 35.0 Å². The monoisotopic (exact) mass is 248 g/mol. The summed E-state index contributed by atoms with van der Waals surface area (Å²) in [6, 6.07) is 6.11. The van der Waals surface area contributed by atoms with Crippen molar-refractivity contribution in [3.63, 3.8) is 0 Å². The van der Waals surface area contributed by atoms with E-state index in [1.54, 1.807) is 0 Å². The Morgan fingerprint density at radius 3 is 3.00 bits per heavy atom. The number of aryl methyl sites for hydroxylation is 1. The molecule has 0 saturated carbocycles. The molecule has 3 rings (SSSR count). The van der Waals surface area contributed by atoms with Crippen molar-refractivity contribution >= 4 is 22.5 Å². The molecule has 17 heavy (non-hydrogen) atoms. The number of fused-ring (bicyclic) bond motifs is 1. The Labute approximate surface area is 106 Å². The van der Waals surface area contributed by atoms with Gasteiger partial charge in [0.05, 0.1) is 0 Å². The summed E-state index contributed by atoms with van der Waals surface area (Å²) >= 11 is 6.11. The maximum absolute atomic E-state index is 6.11. The van der Waals surface area contributed by atoms with E-state index in [-0.39, 0.29) is 0 Å². The molecule has 1 aromatic carbocycles. The molecule has 3 heteroatoms. The fourth-order valence-electron chi connectivity index (χ4n) is 2.94. The first kappa shape index (κ1) is 11.1. The zero-order chi connectivity index (χ0) is 11.8. The Hall–Kier alpha value is -0.990. The molecule has 2 nitrogen and oxygen atoms in total. The lowest BCUT2D eigenvalue weighted by Gasteiger charge is -2.23. The van der Waals surface area contributed by atoms with Crippen molar-refractivity contribution in [3.05, 3.63) is 34.5 Å². The smallest absolute Gasteiger partial charge is 0.0460 e. The standard InChI is InChI=1S/C14H17ClN2/c1-9-14(10-3-2-6-16-8-10)12-7-11(15)4-5-13(12)17-9/h4-5,7,10,16-17H,2-3,6,8H2,1H3. The third kappa shape index (κ3) is 1.96. The third-order valence-corrected chi connectivity index (χ3v) is 3.94. The van der Waals surface area contributed by atoms with Crippen molar-refractivity contribution in [1.29, 1.82) is 0 Å². The van der Waals surface area contributed by atoms with Gasteiger partial charge in [-0.2, -0.15) is 0 Å². The van der Waals surface area contributed by atoms with E-state index in [4.69, 9.17) is 11.6 Å². The molecule has 1 aromatic heterocycles. The fraction of sp³-hybridized carbons (Fsp3) is 0.429. The highest BCUT2D eigenvalue weighted by molar-refractivity contribution is 6.31. The average Bonchev–Trinajstić information content (AvgIpc) is 2.65. The zero-order valence-electron chi connectivity index (χ0n) is 10.0. The lowest BCUT2D eigenvalue weighted by Crippen LogP contribution is -2.28. The summed E-state index contributed by atoms with van der Waals surface area (Å²) in [5, 5.41) is 5.60. The van der Waals surface area contributed by atoms with Gasteiger partial charge in [0.15, 0.2) is 0 Å². The molecule has 2 aromatic rings. The first-order chi connectivity index (χ1) is 8.25. The summed E-state index contributed by atoms with van der Waals surface area (Å²) in [5.74, 6) is 0.621. The first-order valence-corrected chi connectivity index (χ1v) is 6.62. The highest BCUT2D eigenvalue weighted by Crippen LogP contribution is 2.34. The van der Waals surface area contributed by atoms with Gasteiger partial charge in [-0.3, -0.25) is 0 Å². The van der Waals surface area contributed by atoms with E-state index in [2.05, 4.69) is 29.4 Å². The number of rotatable bonds is 1. The largest absolute Gasteiger partial charge is 0.358 e. The van der Waals surface area contributed by atoms with Gasteiger partial charge in [-0.25, -0.2) is 0 Å². The number of H-pyrrole nitrogens is 1. The Balaban J connectivity index is 2.13. The highest BCUT2D eigenvalue weighted by Gasteiger charge is 2.20. The topological polar surface area (TPSA) is 27.8 Å². The second kappa shape index (κ2) is 4.35. The number of aromatic nitrogens is 1. The van der Waals surface area contributed by atoms with Crippen LogP contribution in [0.15, 0.2) is 18.2 Å². The van der Waals surface area contributed by atoms with Crippen molar-refractivity contribution in [2.45, 2.75) is 25.7 Å². The van der Waals surface area contributed by atoms with Gasteiger partial charge in [-0.15, -0.1) is 0 Å². The van der Waals surface area contributed by atoms with E-state index in [0.29, 0.717) is 5.92 Å². The van der Waals surface area contributed by atoms with Gasteiger partial charge < -0.3 is 10.3 Å².